The summed E-state index contributed by atoms with van der Waals surface area (Å²) in [5, 5.41) is 0. The lowest BCUT2D eigenvalue weighted by atomic mass is 9.85. The van der Waals surface area contributed by atoms with Gasteiger partial charge in [0, 0.05) is 11.1 Å². The zero-order valence-corrected chi connectivity index (χ0v) is 22.7. The summed E-state index contributed by atoms with van der Waals surface area (Å²) in [5.74, 6) is 0. The van der Waals surface area contributed by atoms with E-state index in [1.54, 1.807) is 0 Å². The SMILES string of the molecule is CC(C)(C)c1ccc(-c2ccc(-c3ccc(C(C)(C)C)cc3)c3c2NN([Si](C)(C)C)N3)cc1. The minimum atomic E-state index is -1.63. The van der Waals surface area contributed by atoms with Crippen molar-refractivity contribution in [3.05, 3.63) is 71.8 Å². The predicted octanol–water partition coefficient (Wildman–Crippen LogP) is 8.42. The zero-order valence-electron chi connectivity index (χ0n) is 21.7. The number of rotatable bonds is 3. The molecule has 1 aliphatic heterocycles. The van der Waals surface area contributed by atoms with Gasteiger partial charge in [-0.3, -0.25) is 0 Å². The monoisotopic (exact) mass is 457 g/mol. The zero-order chi connectivity index (χ0) is 24.2. The molecule has 4 heteroatoms. The van der Waals surface area contributed by atoms with Crippen LogP contribution in [0.1, 0.15) is 52.7 Å². The van der Waals surface area contributed by atoms with Crippen LogP contribution in [0.4, 0.5) is 11.4 Å². The number of hydrogen-bond donors (Lipinski definition) is 2. The van der Waals surface area contributed by atoms with E-state index in [2.05, 4.69) is 137 Å². The molecule has 0 atom stereocenters. The maximum atomic E-state index is 3.72. The van der Waals surface area contributed by atoms with Crippen LogP contribution >= 0.6 is 0 Å². The first kappa shape index (κ1) is 23.6. The number of benzene rings is 3. The Balaban J connectivity index is 1.80. The molecule has 1 aliphatic rings. The molecule has 0 aliphatic carbocycles. The van der Waals surface area contributed by atoms with Crippen molar-refractivity contribution in [1.29, 1.82) is 0 Å². The first-order valence-electron chi connectivity index (χ1n) is 12.0. The molecule has 4 rings (SSSR count). The Labute approximate surface area is 201 Å². The molecule has 0 amide bonds. The summed E-state index contributed by atoms with van der Waals surface area (Å²) in [4.78, 5) is 2.25. The van der Waals surface area contributed by atoms with Crippen molar-refractivity contribution in [1.82, 2.24) is 4.78 Å². The van der Waals surface area contributed by atoms with E-state index in [1.165, 1.54) is 44.8 Å². The van der Waals surface area contributed by atoms with Gasteiger partial charge in [0.05, 0.1) is 11.4 Å². The van der Waals surface area contributed by atoms with E-state index < -0.39 is 8.24 Å². The molecular formula is C29H39N3Si. The van der Waals surface area contributed by atoms with Gasteiger partial charge in [0.1, 0.15) is 0 Å². The summed E-state index contributed by atoms with van der Waals surface area (Å²) in [5.41, 5.74) is 17.7. The maximum absolute atomic E-state index is 3.72. The number of hydrogen-bond acceptors (Lipinski definition) is 3. The highest BCUT2D eigenvalue weighted by Crippen LogP contribution is 2.46. The van der Waals surface area contributed by atoms with Gasteiger partial charge in [-0.25, -0.2) is 0 Å². The Morgan fingerprint density at radius 3 is 1.15 bits per heavy atom. The molecule has 3 aromatic rings. The first-order valence-corrected chi connectivity index (χ1v) is 15.4. The molecule has 0 spiro atoms. The lowest BCUT2D eigenvalue weighted by molar-refractivity contribution is 0.590. The van der Waals surface area contributed by atoms with Gasteiger partial charge >= 0.3 is 0 Å². The molecule has 0 unspecified atom stereocenters. The van der Waals surface area contributed by atoms with E-state index in [0.717, 1.165) is 0 Å². The van der Waals surface area contributed by atoms with Gasteiger partial charge in [-0.15, -0.1) is 0 Å². The summed E-state index contributed by atoms with van der Waals surface area (Å²) in [7, 11) is -1.63. The summed E-state index contributed by atoms with van der Waals surface area (Å²) < 4.78 is 0. The normalized spacial score (nSPS) is 14.6. The second-order valence-electron chi connectivity index (χ2n) is 12.3. The highest BCUT2D eigenvalue weighted by Gasteiger charge is 2.33. The van der Waals surface area contributed by atoms with Crippen LogP contribution in [0.25, 0.3) is 22.3 Å². The first-order chi connectivity index (χ1) is 15.2. The summed E-state index contributed by atoms with van der Waals surface area (Å²) in [6.45, 7) is 20.6. The van der Waals surface area contributed by atoms with Crippen LogP contribution in [0.2, 0.25) is 19.6 Å². The predicted molar refractivity (Wildman–Crippen MR) is 147 cm³/mol. The molecule has 3 nitrogen and oxygen atoms in total. The van der Waals surface area contributed by atoms with Gasteiger partial charge in [0.2, 0.25) is 0 Å². The fraction of sp³-hybridized carbons (Fsp3) is 0.379. The molecule has 33 heavy (non-hydrogen) atoms. The minimum Gasteiger partial charge on any atom is -0.306 e. The van der Waals surface area contributed by atoms with Crippen molar-refractivity contribution in [2.75, 3.05) is 10.9 Å². The smallest absolute Gasteiger partial charge is 0.171 e. The average molecular weight is 458 g/mol. The lowest BCUT2D eigenvalue weighted by Gasteiger charge is -2.29. The Hall–Kier alpha value is -2.56. The Morgan fingerprint density at radius 1 is 0.545 bits per heavy atom. The van der Waals surface area contributed by atoms with Crippen LogP contribution in [0.15, 0.2) is 60.7 Å². The van der Waals surface area contributed by atoms with Crippen molar-refractivity contribution in [3.8, 4) is 22.3 Å². The van der Waals surface area contributed by atoms with Crippen LogP contribution in [0, 0.1) is 0 Å². The lowest BCUT2D eigenvalue weighted by Crippen LogP contribution is -2.49. The second kappa shape index (κ2) is 8.03. The van der Waals surface area contributed by atoms with Crippen molar-refractivity contribution in [2.45, 2.75) is 72.0 Å². The number of nitrogens with zero attached hydrogens (tertiary/aromatic N) is 1. The maximum Gasteiger partial charge on any atom is 0.171 e. The third-order valence-corrected chi connectivity index (χ3v) is 8.01. The largest absolute Gasteiger partial charge is 0.306 e. The molecule has 0 radical (unpaired) electrons. The third-order valence-electron chi connectivity index (χ3n) is 6.45. The van der Waals surface area contributed by atoms with Crippen LogP contribution in [0.3, 0.4) is 0 Å². The molecule has 0 fully saturated rings. The quantitative estimate of drug-likeness (QED) is 0.386. The fourth-order valence-corrected chi connectivity index (χ4v) is 5.10. The van der Waals surface area contributed by atoms with Gasteiger partial charge in [0.25, 0.3) is 0 Å². The van der Waals surface area contributed by atoms with E-state index in [4.69, 9.17) is 0 Å². The van der Waals surface area contributed by atoms with E-state index in [0.29, 0.717) is 0 Å². The van der Waals surface area contributed by atoms with Gasteiger partial charge in [0.15, 0.2) is 8.24 Å². The standard InChI is InChI=1S/C29H39N3Si/c1-28(2,3)22-14-10-20(11-15-22)24-18-19-25(21-12-16-23(17-13-21)29(4,5)6)27-26(24)30-32(31-27)33(7,8)9/h10-19,30-31H,1-9H3. The second-order valence-corrected chi connectivity index (χ2v) is 17.1. The van der Waals surface area contributed by atoms with Gasteiger partial charge in [-0.1, -0.05) is 122 Å². The van der Waals surface area contributed by atoms with E-state index in [-0.39, 0.29) is 10.8 Å². The van der Waals surface area contributed by atoms with Crippen LogP contribution in [0.5, 0.6) is 0 Å². The van der Waals surface area contributed by atoms with Crippen molar-refractivity contribution < 1.29 is 0 Å². The fourth-order valence-electron chi connectivity index (χ4n) is 4.20. The van der Waals surface area contributed by atoms with Crippen molar-refractivity contribution in [3.63, 3.8) is 0 Å². The van der Waals surface area contributed by atoms with Gasteiger partial charge in [-0.05, 0) is 33.1 Å². The molecule has 1 heterocycles. The molecule has 0 saturated heterocycles. The summed E-state index contributed by atoms with van der Waals surface area (Å²) in [6, 6.07) is 22.6. The van der Waals surface area contributed by atoms with E-state index in [9.17, 15) is 0 Å². The van der Waals surface area contributed by atoms with E-state index >= 15 is 0 Å². The molecular weight excluding hydrogens is 418 g/mol. The van der Waals surface area contributed by atoms with Crippen LogP contribution < -0.4 is 10.9 Å². The third kappa shape index (κ3) is 4.73. The molecule has 3 aromatic carbocycles. The number of fused-ring (bicyclic) bond motifs is 1. The van der Waals surface area contributed by atoms with Crippen molar-refractivity contribution in [2.24, 2.45) is 0 Å². The highest BCUT2D eigenvalue weighted by atomic mass is 28.3. The van der Waals surface area contributed by atoms with E-state index in [1.807, 2.05) is 0 Å². The number of hydrazine groups is 2. The minimum absolute atomic E-state index is 0.151. The summed E-state index contributed by atoms with van der Waals surface area (Å²) >= 11 is 0. The molecule has 0 bridgehead atoms. The topological polar surface area (TPSA) is 27.3 Å². The Kier molecular flexibility index (Phi) is 5.74. The number of anilines is 2. The molecule has 2 N–H and O–H groups in total. The summed E-state index contributed by atoms with van der Waals surface area (Å²) in [6.07, 6.45) is 0. The molecule has 0 saturated carbocycles. The van der Waals surface area contributed by atoms with Crippen LogP contribution in [-0.4, -0.2) is 13.0 Å². The Bertz CT molecular complexity index is 1060. The van der Waals surface area contributed by atoms with Gasteiger partial charge < -0.3 is 10.9 Å². The average Bonchev–Trinajstić information content (AvgIpc) is 3.18. The number of nitrogens with one attached hydrogen (secondary N) is 2. The molecule has 174 valence electrons. The van der Waals surface area contributed by atoms with Gasteiger partial charge in [-0.2, -0.15) is 4.78 Å². The highest BCUT2D eigenvalue weighted by molar-refractivity contribution is 6.73. The van der Waals surface area contributed by atoms with Crippen molar-refractivity contribution >= 4 is 19.6 Å². The van der Waals surface area contributed by atoms with Crippen LogP contribution in [-0.2, 0) is 10.8 Å². The Morgan fingerprint density at radius 2 is 0.879 bits per heavy atom. The molecule has 0 aromatic heterocycles.